The highest BCUT2D eigenvalue weighted by atomic mass is 16.6. The van der Waals surface area contributed by atoms with Gasteiger partial charge in [-0.3, -0.25) is 4.98 Å². The molecule has 0 aromatic carbocycles. The van der Waals surface area contributed by atoms with Gasteiger partial charge >= 0.3 is 5.63 Å². The van der Waals surface area contributed by atoms with Crippen molar-refractivity contribution in [1.82, 2.24) is 4.98 Å². The fourth-order valence-corrected chi connectivity index (χ4v) is 8.18. The summed E-state index contributed by atoms with van der Waals surface area (Å²) in [6.07, 6.45) is 4.49. The summed E-state index contributed by atoms with van der Waals surface area (Å²) in [5.41, 5.74) is -1.53. The number of aromatic nitrogens is 1. The van der Waals surface area contributed by atoms with Gasteiger partial charge in [-0.25, -0.2) is 4.79 Å². The molecule has 196 valence electrons. The topological polar surface area (TPSA) is 122 Å². The van der Waals surface area contributed by atoms with Gasteiger partial charge in [0.05, 0.1) is 12.2 Å². The molecule has 2 aromatic rings. The van der Waals surface area contributed by atoms with Crippen molar-refractivity contribution < 1.29 is 29.2 Å². The number of ether oxygens (including phenoxy) is 2. The van der Waals surface area contributed by atoms with Gasteiger partial charge in [0.2, 0.25) is 0 Å². The van der Waals surface area contributed by atoms with Crippen molar-refractivity contribution in [3.63, 3.8) is 0 Å². The van der Waals surface area contributed by atoms with Gasteiger partial charge in [0.1, 0.15) is 22.7 Å². The zero-order valence-electron chi connectivity index (χ0n) is 21.4. The maximum absolute atomic E-state index is 13.3. The summed E-state index contributed by atoms with van der Waals surface area (Å²) in [7, 11) is 1.65. The summed E-state index contributed by atoms with van der Waals surface area (Å²) in [5.74, 6) is 0.251. The zero-order valence-corrected chi connectivity index (χ0v) is 21.4. The number of nitrogens with zero attached hydrogens (tertiary/aromatic N) is 1. The van der Waals surface area contributed by atoms with Gasteiger partial charge in [-0.05, 0) is 67.4 Å². The van der Waals surface area contributed by atoms with Gasteiger partial charge in [0, 0.05) is 50.3 Å². The second-order valence-electron chi connectivity index (χ2n) is 11.5. The Morgan fingerprint density at radius 2 is 2.03 bits per heavy atom. The van der Waals surface area contributed by atoms with Crippen molar-refractivity contribution in [2.24, 2.45) is 28.6 Å². The molecule has 3 aliphatic rings. The SMILES string of the molecule is CO[C@H]1CC2C(C)(CCO)[C@@H](CO)CC[C@]2(C)C2[C@@H](O)c3c(cc(-c4cccnc4)oc3=O)O[C@@]21C. The van der Waals surface area contributed by atoms with Crippen LogP contribution in [0.3, 0.4) is 0 Å². The van der Waals surface area contributed by atoms with Gasteiger partial charge in [-0.2, -0.15) is 0 Å². The Morgan fingerprint density at radius 3 is 2.67 bits per heavy atom. The van der Waals surface area contributed by atoms with Gasteiger partial charge in [0.25, 0.3) is 0 Å². The van der Waals surface area contributed by atoms with E-state index in [2.05, 4.69) is 18.8 Å². The first kappa shape index (κ1) is 25.4. The van der Waals surface area contributed by atoms with Crippen molar-refractivity contribution in [3.05, 3.63) is 46.6 Å². The predicted molar refractivity (Wildman–Crippen MR) is 132 cm³/mol. The molecule has 2 aromatic heterocycles. The first-order chi connectivity index (χ1) is 17.1. The van der Waals surface area contributed by atoms with Crippen LogP contribution in [0.15, 0.2) is 39.8 Å². The van der Waals surface area contributed by atoms with E-state index in [4.69, 9.17) is 13.9 Å². The molecule has 0 amide bonds. The van der Waals surface area contributed by atoms with E-state index >= 15 is 0 Å². The zero-order chi connectivity index (χ0) is 25.9. The van der Waals surface area contributed by atoms with Gasteiger partial charge in [0.15, 0.2) is 0 Å². The first-order valence-electron chi connectivity index (χ1n) is 12.8. The Bertz CT molecular complexity index is 1170. The summed E-state index contributed by atoms with van der Waals surface area (Å²) in [4.78, 5) is 17.4. The molecule has 36 heavy (non-hydrogen) atoms. The van der Waals surface area contributed by atoms with E-state index in [9.17, 15) is 20.1 Å². The number of pyridine rings is 1. The van der Waals surface area contributed by atoms with Crippen molar-refractivity contribution in [2.75, 3.05) is 20.3 Å². The summed E-state index contributed by atoms with van der Waals surface area (Å²) in [6.45, 7) is 6.34. The average Bonchev–Trinajstić information content (AvgIpc) is 2.83. The lowest BCUT2D eigenvalue weighted by Gasteiger charge is -2.67. The van der Waals surface area contributed by atoms with E-state index < -0.39 is 28.7 Å². The van der Waals surface area contributed by atoms with Crippen molar-refractivity contribution >= 4 is 0 Å². The highest BCUT2D eigenvalue weighted by Crippen LogP contribution is 2.68. The Labute approximate surface area is 211 Å². The molecule has 3 heterocycles. The average molecular weight is 500 g/mol. The molecule has 0 radical (unpaired) electrons. The molecule has 5 rings (SSSR count). The van der Waals surface area contributed by atoms with Gasteiger partial charge < -0.3 is 29.2 Å². The van der Waals surface area contributed by atoms with Crippen LogP contribution in [-0.4, -0.2) is 52.3 Å². The van der Waals surface area contributed by atoms with E-state index in [1.165, 1.54) is 0 Å². The molecule has 2 fully saturated rings. The maximum atomic E-state index is 13.3. The molecule has 3 N–H and O–H groups in total. The van der Waals surface area contributed by atoms with Crippen LogP contribution in [0.2, 0.25) is 0 Å². The monoisotopic (exact) mass is 499 g/mol. The lowest BCUT2D eigenvalue weighted by molar-refractivity contribution is -0.261. The Kier molecular flexibility index (Phi) is 6.31. The van der Waals surface area contributed by atoms with E-state index in [0.29, 0.717) is 29.9 Å². The number of aliphatic hydroxyl groups is 3. The van der Waals surface area contributed by atoms with Crippen LogP contribution in [-0.2, 0) is 4.74 Å². The molecule has 1 aliphatic heterocycles. The molecular weight excluding hydrogens is 462 g/mol. The highest BCUT2D eigenvalue weighted by molar-refractivity contribution is 5.59. The maximum Gasteiger partial charge on any atom is 0.345 e. The minimum atomic E-state index is -1.12. The number of hydrogen-bond acceptors (Lipinski definition) is 8. The molecule has 2 saturated carbocycles. The molecule has 2 aliphatic carbocycles. The third-order valence-corrected chi connectivity index (χ3v) is 9.97. The minimum absolute atomic E-state index is 0.0156. The number of hydrogen-bond donors (Lipinski definition) is 3. The molecular formula is C28H37NO7. The summed E-state index contributed by atoms with van der Waals surface area (Å²) >= 11 is 0. The van der Waals surface area contributed by atoms with Crippen LogP contribution in [0.25, 0.3) is 11.3 Å². The van der Waals surface area contributed by atoms with Crippen LogP contribution in [0.1, 0.15) is 58.1 Å². The lowest BCUT2D eigenvalue weighted by Crippen LogP contribution is -2.70. The first-order valence-corrected chi connectivity index (χ1v) is 12.8. The Balaban J connectivity index is 1.65. The van der Waals surface area contributed by atoms with Crippen LogP contribution in [0.5, 0.6) is 5.75 Å². The molecule has 8 atom stereocenters. The summed E-state index contributed by atoms with van der Waals surface area (Å²) < 4.78 is 18.4. The smallest absolute Gasteiger partial charge is 0.345 e. The number of rotatable bonds is 5. The van der Waals surface area contributed by atoms with E-state index in [1.807, 2.05) is 6.92 Å². The summed E-state index contributed by atoms with van der Waals surface area (Å²) in [5, 5.41) is 32.1. The standard InChI is InChI=1S/C28H37NO7/c1-26(9-11-30)17(15-31)7-8-27(2)20(26)13-21(34-4)28(3)24(27)23(32)22-19(36-28)12-18(35-25(22)33)16-6-5-10-29-14-16/h5-6,10,12,14,17,20-21,23-24,30-32H,7-9,11,13,15H2,1-4H3/t17-,20?,21+,23+,24?,26?,27+,28-/m1/s1. The normalized spacial score (nSPS) is 39.5. The fraction of sp³-hybridized carbons (Fsp3) is 0.643. The van der Waals surface area contributed by atoms with Crippen LogP contribution >= 0.6 is 0 Å². The van der Waals surface area contributed by atoms with E-state index in [-0.39, 0.29) is 42.1 Å². The molecule has 0 spiro atoms. The van der Waals surface area contributed by atoms with E-state index in [1.54, 1.807) is 37.7 Å². The van der Waals surface area contributed by atoms with Crippen molar-refractivity contribution in [3.8, 4) is 17.1 Å². The number of aliphatic hydroxyl groups excluding tert-OH is 3. The number of methoxy groups -OCH3 is 1. The van der Waals surface area contributed by atoms with Crippen LogP contribution < -0.4 is 10.4 Å². The van der Waals surface area contributed by atoms with Crippen molar-refractivity contribution in [2.45, 2.75) is 64.3 Å². The Morgan fingerprint density at radius 1 is 1.25 bits per heavy atom. The van der Waals surface area contributed by atoms with Crippen LogP contribution in [0, 0.1) is 28.6 Å². The second kappa shape index (κ2) is 8.94. The molecule has 8 nitrogen and oxygen atoms in total. The highest BCUT2D eigenvalue weighted by Gasteiger charge is 2.69. The fourth-order valence-electron chi connectivity index (χ4n) is 8.18. The number of fused-ring (bicyclic) bond motifs is 4. The molecule has 0 bridgehead atoms. The summed E-state index contributed by atoms with van der Waals surface area (Å²) in [6, 6.07) is 5.22. The van der Waals surface area contributed by atoms with Gasteiger partial charge in [-0.15, -0.1) is 0 Å². The Hall–Kier alpha value is -2.26. The largest absolute Gasteiger partial charge is 0.484 e. The quantitative estimate of drug-likeness (QED) is 0.573. The molecule has 8 heteroatoms. The third-order valence-electron chi connectivity index (χ3n) is 9.97. The van der Waals surface area contributed by atoms with E-state index in [0.717, 1.165) is 12.8 Å². The van der Waals surface area contributed by atoms with Gasteiger partial charge in [-0.1, -0.05) is 13.8 Å². The minimum Gasteiger partial charge on any atom is -0.484 e. The van der Waals surface area contributed by atoms with Crippen LogP contribution in [0.4, 0.5) is 0 Å². The third kappa shape index (κ3) is 3.49. The second-order valence-corrected chi connectivity index (χ2v) is 11.5. The predicted octanol–water partition coefficient (Wildman–Crippen LogP) is 3.33. The molecule has 3 unspecified atom stereocenters. The lowest BCUT2D eigenvalue weighted by atomic mass is 9.41. The van der Waals surface area contributed by atoms with Crippen molar-refractivity contribution in [1.29, 1.82) is 0 Å². The molecule has 0 saturated heterocycles.